The van der Waals surface area contributed by atoms with Crippen LogP contribution in [0.25, 0.3) is 0 Å². The fraction of sp³-hybridized carbons (Fsp3) is 0.500. The number of hydrogen-bond acceptors (Lipinski definition) is 3. The molecule has 0 amide bonds. The molecule has 0 N–H and O–H groups in total. The van der Waals surface area contributed by atoms with E-state index in [1.165, 1.54) is 50.5 Å². The lowest BCUT2D eigenvalue weighted by Crippen LogP contribution is -2.24. The molecule has 2 aromatic carbocycles. The Hall–Kier alpha value is -2.14. The lowest BCUT2D eigenvalue weighted by atomic mass is 9.90. The fourth-order valence-corrected chi connectivity index (χ4v) is 3.75. The van der Waals surface area contributed by atoms with Gasteiger partial charge in [0.25, 0.3) is 0 Å². The maximum Gasteiger partial charge on any atom is 0.204 e. The van der Waals surface area contributed by atoms with Crippen LogP contribution in [0.4, 0.5) is 8.78 Å². The largest absolute Gasteiger partial charge is 0.494 e. The van der Waals surface area contributed by atoms with Crippen molar-refractivity contribution in [2.75, 3.05) is 13.7 Å². The Morgan fingerprint density at radius 3 is 2.34 bits per heavy atom. The molecule has 0 bridgehead atoms. The van der Waals surface area contributed by atoms with Crippen LogP contribution in [-0.2, 0) is 11.3 Å². The van der Waals surface area contributed by atoms with Crippen LogP contribution in [0.5, 0.6) is 11.5 Å². The third-order valence-electron chi connectivity index (χ3n) is 5.58. The minimum atomic E-state index is -1.04. The van der Waals surface area contributed by atoms with E-state index in [1.54, 1.807) is 0 Å². The second-order valence-corrected chi connectivity index (χ2v) is 7.65. The van der Waals surface area contributed by atoms with Gasteiger partial charge in [0, 0.05) is 5.92 Å². The topological polar surface area (TPSA) is 27.7 Å². The summed E-state index contributed by atoms with van der Waals surface area (Å²) in [6.07, 6.45) is 7.60. The molecular weight excluding hydrogens is 374 g/mol. The first-order chi connectivity index (χ1) is 14.1. The molecule has 2 unspecified atom stereocenters. The van der Waals surface area contributed by atoms with Gasteiger partial charge in [-0.3, -0.25) is 0 Å². The summed E-state index contributed by atoms with van der Waals surface area (Å²) in [6.45, 7) is 3.16. The van der Waals surface area contributed by atoms with E-state index < -0.39 is 11.6 Å². The summed E-state index contributed by atoms with van der Waals surface area (Å²) in [5.74, 6) is -1.91. The van der Waals surface area contributed by atoms with Crippen LogP contribution in [0, 0.1) is 11.6 Å². The minimum Gasteiger partial charge on any atom is -0.494 e. The van der Waals surface area contributed by atoms with Crippen molar-refractivity contribution < 1.29 is 23.0 Å². The maximum absolute atomic E-state index is 14.0. The molecule has 3 rings (SSSR count). The predicted octanol–water partition coefficient (Wildman–Crippen LogP) is 6.40. The van der Waals surface area contributed by atoms with Crippen molar-refractivity contribution in [2.45, 2.75) is 64.1 Å². The molecule has 2 aromatic rings. The van der Waals surface area contributed by atoms with E-state index in [-0.39, 0.29) is 18.1 Å². The third-order valence-corrected chi connectivity index (χ3v) is 5.58. The summed E-state index contributed by atoms with van der Waals surface area (Å²) in [6, 6.07) is 10.8. The summed E-state index contributed by atoms with van der Waals surface area (Å²) in [4.78, 5) is 0. The first kappa shape index (κ1) is 21.6. The molecule has 29 heavy (non-hydrogen) atoms. The van der Waals surface area contributed by atoms with Gasteiger partial charge in [0.1, 0.15) is 6.61 Å². The van der Waals surface area contributed by atoms with Gasteiger partial charge < -0.3 is 14.2 Å². The maximum atomic E-state index is 14.0. The Kier molecular flexibility index (Phi) is 7.87. The number of benzene rings is 2. The molecule has 0 aromatic heterocycles. The molecular formula is C24H30F2O3. The van der Waals surface area contributed by atoms with Crippen LogP contribution in [0.15, 0.2) is 36.4 Å². The molecule has 0 radical (unpaired) electrons. The smallest absolute Gasteiger partial charge is 0.204 e. The summed E-state index contributed by atoms with van der Waals surface area (Å²) in [5, 5.41) is 0. The molecule has 1 heterocycles. The summed E-state index contributed by atoms with van der Waals surface area (Å²) in [5.41, 5.74) is 2.15. The van der Waals surface area contributed by atoms with Gasteiger partial charge in [0.2, 0.25) is 11.6 Å². The second-order valence-electron chi connectivity index (χ2n) is 7.65. The molecule has 0 aliphatic carbocycles. The highest BCUT2D eigenvalue weighted by Gasteiger charge is 2.22. The van der Waals surface area contributed by atoms with Crippen molar-refractivity contribution in [3.8, 4) is 11.5 Å². The molecule has 1 fully saturated rings. The quantitative estimate of drug-likeness (QED) is 0.453. The van der Waals surface area contributed by atoms with E-state index in [2.05, 4.69) is 19.1 Å². The van der Waals surface area contributed by atoms with Gasteiger partial charge >= 0.3 is 0 Å². The lowest BCUT2D eigenvalue weighted by molar-refractivity contribution is -0.00208. The Morgan fingerprint density at radius 1 is 0.966 bits per heavy atom. The van der Waals surface area contributed by atoms with E-state index in [0.29, 0.717) is 12.0 Å². The number of ether oxygens (including phenoxy) is 3. The number of halogens is 2. The fourth-order valence-electron chi connectivity index (χ4n) is 3.75. The first-order valence-electron chi connectivity index (χ1n) is 10.5. The predicted molar refractivity (Wildman–Crippen MR) is 110 cm³/mol. The highest BCUT2D eigenvalue weighted by molar-refractivity contribution is 5.35. The number of hydrogen-bond donors (Lipinski definition) is 0. The molecule has 3 nitrogen and oxygen atoms in total. The van der Waals surface area contributed by atoms with Gasteiger partial charge in [0.15, 0.2) is 11.5 Å². The van der Waals surface area contributed by atoms with Crippen molar-refractivity contribution in [1.82, 2.24) is 0 Å². The monoisotopic (exact) mass is 404 g/mol. The third kappa shape index (κ3) is 5.69. The van der Waals surface area contributed by atoms with Gasteiger partial charge in [-0.25, -0.2) is 0 Å². The molecule has 1 aliphatic rings. The zero-order chi connectivity index (χ0) is 20.6. The SMILES string of the molecule is CCCCCC1CCC(c2ccc(COc3ccc(OC)c(F)c3F)cc2)CO1. The van der Waals surface area contributed by atoms with Crippen LogP contribution in [-0.4, -0.2) is 19.8 Å². The molecule has 1 aliphatic heterocycles. The van der Waals surface area contributed by atoms with Crippen LogP contribution in [0.2, 0.25) is 0 Å². The Labute approximate surface area is 172 Å². The Bertz CT molecular complexity index is 768. The highest BCUT2D eigenvalue weighted by Crippen LogP contribution is 2.31. The second kappa shape index (κ2) is 10.6. The van der Waals surface area contributed by atoms with E-state index in [9.17, 15) is 8.78 Å². The molecule has 0 saturated carbocycles. The van der Waals surface area contributed by atoms with Crippen molar-refractivity contribution in [3.05, 3.63) is 59.2 Å². The standard InChI is InChI=1S/C24H30F2O3/c1-3-4-5-6-20-12-11-19(16-28-20)18-9-7-17(8-10-18)15-29-22-14-13-21(27-2)23(25)24(22)26/h7-10,13-14,19-20H,3-6,11-12,15-16H2,1-2H3. The Morgan fingerprint density at radius 2 is 1.69 bits per heavy atom. The number of methoxy groups -OCH3 is 1. The van der Waals surface area contributed by atoms with Crippen molar-refractivity contribution in [3.63, 3.8) is 0 Å². The van der Waals surface area contributed by atoms with Crippen LogP contribution in [0.1, 0.15) is 62.5 Å². The molecule has 1 saturated heterocycles. The Balaban J connectivity index is 1.50. The summed E-state index contributed by atoms with van der Waals surface area (Å²) in [7, 11) is 1.30. The van der Waals surface area contributed by atoms with Gasteiger partial charge in [-0.2, -0.15) is 8.78 Å². The van der Waals surface area contributed by atoms with Gasteiger partial charge in [0.05, 0.1) is 19.8 Å². The zero-order valence-corrected chi connectivity index (χ0v) is 17.3. The lowest BCUT2D eigenvalue weighted by Gasteiger charge is -2.29. The van der Waals surface area contributed by atoms with Gasteiger partial charge in [-0.05, 0) is 42.5 Å². The van der Waals surface area contributed by atoms with Crippen molar-refractivity contribution >= 4 is 0 Å². The molecule has 2 atom stereocenters. The average Bonchev–Trinajstić information content (AvgIpc) is 2.76. The number of rotatable bonds is 9. The first-order valence-corrected chi connectivity index (χ1v) is 10.5. The van der Waals surface area contributed by atoms with E-state index in [4.69, 9.17) is 14.2 Å². The van der Waals surface area contributed by atoms with Crippen LogP contribution < -0.4 is 9.47 Å². The van der Waals surface area contributed by atoms with Crippen LogP contribution >= 0.6 is 0 Å². The van der Waals surface area contributed by atoms with Crippen LogP contribution in [0.3, 0.4) is 0 Å². The highest BCUT2D eigenvalue weighted by atomic mass is 19.2. The molecule has 158 valence electrons. The van der Waals surface area contributed by atoms with E-state index in [1.807, 2.05) is 12.1 Å². The number of unbranched alkanes of at least 4 members (excludes halogenated alkanes) is 2. The van der Waals surface area contributed by atoms with E-state index in [0.717, 1.165) is 25.0 Å². The molecule has 5 heteroatoms. The van der Waals surface area contributed by atoms with Crippen molar-refractivity contribution in [2.24, 2.45) is 0 Å². The zero-order valence-electron chi connectivity index (χ0n) is 17.3. The minimum absolute atomic E-state index is 0.123. The van der Waals surface area contributed by atoms with Gasteiger partial charge in [-0.15, -0.1) is 0 Å². The van der Waals surface area contributed by atoms with E-state index >= 15 is 0 Å². The molecule has 0 spiro atoms. The van der Waals surface area contributed by atoms with Gasteiger partial charge in [-0.1, -0.05) is 50.5 Å². The average molecular weight is 404 g/mol. The van der Waals surface area contributed by atoms with Crippen molar-refractivity contribution in [1.29, 1.82) is 0 Å². The summed E-state index contributed by atoms with van der Waals surface area (Å²) >= 11 is 0. The normalized spacial score (nSPS) is 19.2. The summed E-state index contributed by atoms with van der Waals surface area (Å²) < 4.78 is 44.0.